The zero-order valence-corrected chi connectivity index (χ0v) is 12.9. The van der Waals surface area contributed by atoms with Crippen molar-refractivity contribution in [1.82, 2.24) is 15.2 Å². The van der Waals surface area contributed by atoms with Gasteiger partial charge in [-0.25, -0.2) is 0 Å². The molecule has 1 aromatic rings. The molecule has 0 aliphatic rings. The smallest absolute Gasteiger partial charge is 0.0547 e. The van der Waals surface area contributed by atoms with E-state index in [4.69, 9.17) is 0 Å². The summed E-state index contributed by atoms with van der Waals surface area (Å²) in [5.41, 5.74) is 2.27. The van der Waals surface area contributed by atoms with Gasteiger partial charge in [0.2, 0.25) is 0 Å². The zero-order valence-electron chi connectivity index (χ0n) is 12.9. The lowest BCUT2D eigenvalue weighted by atomic mass is 10.1. The third-order valence-corrected chi connectivity index (χ3v) is 3.36. The maximum Gasteiger partial charge on any atom is 0.0547 e. The highest BCUT2D eigenvalue weighted by atomic mass is 15.1. The number of aromatic nitrogens is 1. The summed E-state index contributed by atoms with van der Waals surface area (Å²) < 4.78 is 0. The molecule has 0 saturated heterocycles. The molecule has 19 heavy (non-hydrogen) atoms. The van der Waals surface area contributed by atoms with Gasteiger partial charge in [0.1, 0.15) is 0 Å². The van der Waals surface area contributed by atoms with Crippen LogP contribution in [0.25, 0.3) is 0 Å². The Balaban J connectivity index is 2.16. The van der Waals surface area contributed by atoms with Crippen molar-refractivity contribution >= 4 is 0 Å². The second-order valence-electron chi connectivity index (χ2n) is 5.46. The summed E-state index contributed by atoms with van der Waals surface area (Å²) in [5, 5.41) is 3.46. The molecule has 1 unspecified atom stereocenters. The summed E-state index contributed by atoms with van der Waals surface area (Å²) >= 11 is 0. The fourth-order valence-corrected chi connectivity index (χ4v) is 2.33. The van der Waals surface area contributed by atoms with Crippen LogP contribution in [0.3, 0.4) is 0 Å². The summed E-state index contributed by atoms with van der Waals surface area (Å²) in [5.74, 6) is 0. The van der Waals surface area contributed by atoms with Gasteiger partial charge in [-0.05, 0) is 59.0 Å². The Labute approximate surface area is 118 Å². The van der Waals surface area contributed by atoms with Crippen LogP contribution >= 0.6 is 0 Å². The SMILES string of the molecule is CCNC(C)CCCCN(C)Cc1cccc(C)n1. The van der Waals surface area contributed by atoms with Gasteiger partial charge in [0, 0.05) is 18.3 Å². The fourth-order valence-electron chi connectivity index (χ4n) is 2.33. The summed E-state index contributed by atoms with van der Waals surface area (Å²) in [6.07, 6.45) is 3.82. The van der Waals surface area contributed by atoms with Crippen LogP contribution in [0.5, 0.6) is 0 Å². The number of aryl methyl sites for hydroxylation is 1. The van der Waals surface area contributed by atoms with Gasteiger partial charge in [-0.3, -0.25) is 4.98 Å². The predicted octanol–water partition coefficient (Wildman–Crippen LogP) is 2.99. The molecule has 0 amide bonds. The van der Waals surface area contributed by atoms with Crippen molar-refractivity contribution in [3.05, 3.63) is 29.6 Å². The monoisotopic (exact) mass is 263 g/mol. The van der Waals surface area contributed by atoms with Crippen LogP contribution in [0.15, 0.2) is 18.2 Å². The first-order chi connectivity index (χ1) is 9.11. The van der Waals surface area contributed by atoms with E-state index in [0.717, 1.165) is 25.3 Å². The van der Waals surface area contributed by atoms with Crippen LogP contribution in [0.4, 0.5) is 0 Å². The predicted molar refractivity (Wildman–Crippen MR) is 82.3 cm³/mol. The number of hydrogen-bond acceptors (Lipinski definition) is 3. The van der Waals surface area contributed by atoms with Crippen LogP contribution in [-0.2, 0) is 6.54 Å². The average molecular weight is 263 g/mol. The highest BCUT2D eigenvalue weighted by Crippen LogP contribution is 2.05. The molecule has 1 N–H and O–H groups in total. The molecule has 0 aromatic carbocycles. The Morgan fingerprint density at radius 2 is 2.11 bits per heavy atom. The Bertz CT molecular complexity index is 352. The molecule has 0 fully saturated rings. The van der Waals surface area contributed by atoms with Crippen molar-refractivity contribution in [2.45, 2.75) is 52.6 Å². The van der Waals surface area contributed by atoms with E-state index in [1.807, 2.05) is 13.0 Å². The van der Waals surface area contributed by atoms with Gasteiger partial charge in [0.15, 0.2) is 0 Å². The largest absolute Gasteiger partial charge is 0.315 e. The van der Waals surface area contributed by atoms with Crippen LogP contribution in [0, 0.1) is 6.92 Å². The summed E-state index contributed by atoms with van der Waals surface area (Å²) in [4.78, 5) is 6.90. The molecule has 0 aliphatic carbocycles. The van der Waals surface area contributed by atoms with Gasteiger partial charge < -0.3 is 10.2 Å². The third kappa shape index (κ3) is 7.28. The van der Waals surface area contributed by atoms with Crippen LogP contribution < -0.4 is 5.32 Å². The van der Waals surface area contributed by atoms with Crippen molar-refractivity contribution < 1.29 is 0 Å². The molecule has 108 valence electrons. The van der Waals surface area contributed by atoms with Crippen molar-refractivity contribution in [3.8, 4) is 0 Å². The Hall–Kier alpha value is -0.930. The lowest BCUT2D eigenvalue weighted by Gasteiger charge is -2.17. The van der Waals surface area contributed by atoms with Crippen LogP contribution in [0.2, 0.25) is 0 Å². The number of rotatable bonds is 9. The maximum absolute atomic E-state index is 4.54. The molecule has 3 nitrogen and oxygen atoms in total. The molecule has 0 bridgehead atoms. The molecular weight excluding hydrogens is 234 g/mol. The van der Waals surface area contributed by atoms with E-state index in [0.29, 0.717) is 6.04 Å². The van der Waals surface area contributed by atoms with Gasteiger partial charge in [0.25, 0.3) is 0 Å². The number of unbranched alkanes of at least 4 members (excludes halogenated alkanes) is 1. The van der Waals surface area contributed by atoms with Crippen molar-refractivity contribution in [3.63, 3.8) is 0 Å². The summed E-state index contributed by atoms with van der Waals surface area (Å²) in [7, 11) is 2.18. The molecule has 3 heteroatoms. The molecule has 1 rings (SSSR count). The van der Waals surface area contributed by atoms with Gasteiger partial charge >= 0.3 is 0 Å². The molecule has 1 atom stereocenters. The fraction of sp³-hybridized carbons (Fsp3) is 0.688. The zero-order chi connectivity index (χ0) is 14.1. The highest BCUT2D eigenvalue weighted by Gasteiger charge is 2.03. The lowest BCUT2D eigenvalue weighted by Crippen LogP contribution is -2.26. The first-order valence-electron chi connectivity index (χ1n) is 7.46. The number of hydrogen-bond donors (Lipinski definition) is 1. The van der Waals surface area contributed by atoms with Gasteiger partial charge in [0.05, 0.1) is 5.69 Å². The van der Waals surface area contributed by atoms with E-state index in [9.17, 15) is 0 Å². The lowest BCUT2D eigenvalue weighted by molar-refractivity contribution is 0.310. The average Bonchev–Trinajstić information content (AvgIpc) is 2.35. The minimum absolute atomic E-state index is 0.647. The molecule has 0 aliphatic heterocycles. The third-order valence-electron chi connectivity index (χ3n) is 3.36. The molecule has 0 radical (unpaired) electrons. The van der Waals surface area contributed by atoms with Crippen LogP contribution in [-0.4, -0.2) is 36.1 Å². The quantitative estimate of drug-likeness (QED) is 0.694. The molecule has 1 aromatic heterocycles. The van der Waals surface area contributed by atoms with E-state index in [-0.39, 0.29) is 0 Å². The maximum atomic E-state index is 4.54. The van der Waals surface area contributed by atoms with Crippen LogP contribution in [0.1, 0.15) is 44.5 Å². The minimum Gasteiger partial charge on any atom is -0.315 e. The Morgan fingerprint density at radius 3 is 2.79 bits per heavy atom. The van der Waals surface area contributed by atoms with Crippen molar-refractivity contribution in [2.24, 2.45) is 0 Å². The summed E-state index contributed by atoms with van der Waals surface area (Å²) in [6, 6.07) is 6.89. The first kappa shape index (κ1) is 16.1. The van der Waals surface area contributed by atoms with Crippen molar-refractivity contribution in [1.29, 1.82) is 0 Å². The Kier molecular flexibility index (Phi) is 7.68. The standard InChI is InChI=1S/C16H29N3/c1-5-17-14(2)9-6-7-12-19(4)13-16-11-8-10-15(3)18-16/h8,10-11,14,17H,5-7,9,12-13H2,1-4H3. The minimum atomic E-state index is 0.647. The topological polar surface area (TPSA) is 28.2 Å². The van der Waals surface area contributed by atoms with Gasteiger partial charge in [-0.2, -0.15) is 0 Å². The Morgan fingerprint density at radius 1 is 1.32 bits per heavy atom. The van der Waals surface area contributed by atoms with E-state index in [1.54, 1.807) is 0 Å². The highest BCUT2D eigenvalue weighted by molar-refractivity contribution is 5.09. The van der Waals surface area contributed by atoms with E-state index in [1.165, 1.54) is 25.0 Å². The van der Waals surface area contributed by atoms with E-state index < -0.39 is 0 Å². The molecular formula is C16H29N3. The molecule has 1 heterocycles. The number of pyridine rings is 1. The molecule has 0 saturated carbocycles. The molecule has 0 spiro atoms. The number of nitrogens with zero attached hydrogens (tertiary/aromatic N) is 2. The van der Waals surface area contributed by atoms with Gasteiger partial charge in [-0.15, -0.1) is 0 Å². The van der Waals surface area contributed by atoms with Gasteiger partial charge in [-0.1, -0.05) is 19.4 Å². The normalized spacial score (nSPS) is 12.9. The first-order valence-corrected chi connectivity index (χ1v) is 7.46. The second-order valence-corrected chi connectivity index (χ2v) is 5.46. The van der Waals surface area contributed by atoms with E-state index >= 15 is 0 Å². The van der Waals surface area contributed by atoms with E-state index in [2.05, 4.69) is 48.2 Å². The summed E-state index contributed by atoms with van der Waals surface area (Å²) in [6.45, 7) is 9.65. The van der Waals surface area contributed by atoms with Crippen molar-refractivity contribution in [2.75, 3.05) is 20.1 Å². The number of nitrogens with one attached hydrogen (secondary N) is 1. The second kappa shape index (κ2) is 9.05.